The van der Waals surface area contributed by atoms with Crippen molar-refractivity contribution >= 4 is 23.6 Å². The molecule has 87 valence electrons. The third-order valence-corrected chi connectivity index (χ3v) is 3.14. The summed E-state index contributed by atoms with van der Waals surface area (Å²) in [7, 11) is 0. The van der Waals surface area contributed by atoms with Gasteiger partial charge in [0.1, 0.15) is 11.3 Å². The summed E-state index contributed by atoms with van der Waals surface area (Å²) < 4.78 is 5.74. The van der Waals surface area contributed by atoms with Crippen LogP contribution in [0.2, 0.25) is 0 Å². The first-order valence-electron chi connectivity index (χ1n) is 5.55. The minimum Gasteiger partial charge on any atom is -0.456 e. The van der Waals surface area contributed by atoms with Crippen molar-refractivity contribution in [3.05, 3.63) is 64.8 Å². The van der Waals surface area contributed by atoms with Gasteiger partial charge in [0.15, 0.2) is 5.43 Å². The minimum atomic E-state index is -0.0508. The quantitative estimate of drug-likeness (QED) is 0.655. The van der Waals surface area contributed by atoms with Crippen molar-refractivity contribution in [3.63, 3.8) is 0 Å². The van der Waals surface area contributed by atoms with Crippen LogP contribution in [0.1, 0.15) is 0 Å². The molecule has 0 atom stereocenters. The Labute approximate surface area is 109 Å². The fourth-order valence-corrected chi connectivity index (χ4v) is 2.15. The number of fused-ring (bicyclic) bond motifs is 1. The molecule has 0 spiro atoms. The second kappa shape index (κ2) is 4.27. The van der Waals surface area contributed by atoms with Crippen LogP contribution in [0.25, 0.3) is 22.3 Å². The van der Waals surface area contributed by atoms with Crippen molar-refractivity contribution in [1.29, 1.82) is 0 Å². The summed E-state index contributed by atoms with van der Waals surface area (Å²) >= 11 is 5.24. The Bertz CT molecular complexity index is 775. The Hall–Kier alpha value is -2.13. The molecule has 0 N–H and O–H groups in total. The standard InChI is InChI=1S/C15H9O2S/c16-12-9-14(11-6-2-4-8-15(11)18)17-13-7-3-1-5-10(12)13/h1-9H. The van der Waals surface area contributed by atoms with Crippen molar-refractivity contribution in [3.8, 4) is 11.3 Å². The average molecular weight is 253 g/mol. The van der Waals surface area contributed by atoms with Gasteiger partial charge in [-0.05, 0) is 24.3 Å². The first-order valence-corrected chi connectivity index (χ1v) is 5.96. The summed E-state index contributed by atoms with van der Waals surface area (Å²) in [5.74, 6) is 0.518. The van der Waals surface area contributed by atoms with E-state index < -0.39 is 0 Å². The maximum atomic E-state index is 12.0. The molecule has 18 heavy (non-hydrogen) atoms. The third-order valence-electron chi connectivity index (χ3n) is 2.79. The number of benzene rings is 2. The zero-order valence-corrected chi connectivity index (χ0v) is 10.2. The SMILES string of the molecule is O=c1cc(-c2ccccc2[S])oc2ccccc12. The predicted molar refractivity (Wildman–Crippen MR) is 73.8 cm³/mol. The lowest BCUT2D eigenvalue weighted by Crippen LogP contribution is -2.00. The molecule has 0 saturated heterocycles. The summed E-state index contributed by atoms with van der Waals surface area (Å²) in [6, 6.07) is 16.1. The van der Waals surface area contributed by atoms with Crippen LogP contribution >= 0.6 is 12.6 Å². The van der Waals surface area contributed by atoms with Gasteiger partial charge in [0, 0.05) is 16.5 Å². The number of rotatable bonds is 1. The van der Waals surface area contributed by atoms with Gasteiger partial charge in [0.05, 0.1) is 5.39 Å². The second-order valence-corrected chi connectivity index (χ2v) is 4.41. The maximum absolute atomic E-state index is 12.0. The Morgan fingerprint density at radius 1 is 0.944 bits per heavy atom. The summed E-state index contributed by atoms with van der Waals surface area (Å²) in [5, 5.41) is 0.586. The van der Waals surface area contributed by atoms with E-state index in [4.69, 9.17) is 17.0 Å². The van der Waals surface area contributed by atoms with Gasteiger partial charge in [-0.1, -0.05) is 36.9 Å². The van der Waals surface area contributed by atoms with E-state index in [0.717, 1.165) is 5.56 Å². The van der Waals surface area contributed by atoms with Crippen molar-refractivity contribution < 1.29 is 4.42 Å². The summed E-state index contributed by atoms with van der Waals surface area (Å²) in [6.07, 6.45) is 0. The molecule has 0 aliphatic rings. The molecule has 2 nitrogen and oxygen atoms in total. The topological polar surface area (TPSA) is 30.2 Å². The first-order chi connectivity index (χ1) is 8.75. The highest BCUT2D eigenvalue weighted by Crippen LogP contribution is 2.27. The normalized spacial score (nSPS) is 10.7. The molecule has 0 fully saturated rings. The predicted octanol–water partition coefficient (Wildman–Crippen LogP) is 4.02. The molecule has 2 aromatic carbocycles. The van der Waals surface area contributed by atoms with Gasteiger partial charge in [0.2, 0.25) is 0 Å². The summed E-state index contributed by atoms with van der Waals surface area (Å²) in [6.45, 7) is 0. The van der Waals surface area contributed by atoms with Crippen LogP contribution < -0.4 is 5.43 Å². The van der Waals surface area contributed by atoms with Crippen LogP contribution in [-0.2, 0) is 0 Å². The largest absolute Gasteiger partial charge is 0.456 e. The fraction of sp³-hybridized carbons (Fsp3) is 0. The molecule has 1 radical (unpaired) electrons. The molecule has 0 aliphatic carbocycles. The van der Waals surface area contributed by atoms with Gasteiger partial charge in [-0.2, -0.15) is 0 Å². The van der Waals surface area contributed by atoms with E-state index in [1.165, 1.54) is 6.07 Å². The van der Waals surface area contributed by atoms with Crippen molar-refractivity contribution in [2.75, 3.05) is 0 Å². The molecule has 0 amide bonds. The van der Waals surface area contributed by atoms with Crippen molar-refractivity contribution in [2.45, 2.75) is 4.90 Å². The van der Waals surface area contributed by atoms with Gasteiger partial charge in [0.25, 0.3) is 0 Å². The molecule has 3 heteroatoms. The molecule has 1 aromatic heterocycles. The summed E-state index contributed by atoms with van der Waals surface area (Å²) in [4.78, 5) is 12.7. The lowest BCUT2D eigenvalue weighted by molar-refractivity contribution is 0.617. The molecule has 3 rings (SSSR count). The van der Waals surface area contributed by atoms with Gasteiger partial charge >= 0.3 is 0 Å². The zero-order chi connectivity index (χ0) is 12.5. The Kier molecular flexibility index (Phi) is 2.61. The number of hydrogen-bond acceptors (Lipinski definition) is 2. The molecule has 3 aromatic rings. The van der Waals surface area contributed by atoms with Crippen molar-refractivity contribution in [1.82, 2.24) is 0 Å². The van der Waals surface area contributed by atoms with E-state index >= 15 is 0 Å². The van der Waals surface area contributed by atoms with Gasteiger partial charge in [-0.15, -0.1) is 0 Å². The zero-order valence-electron chi connectivity index (χ0n) is 9.42. The second-order valence-electron chi connectivity index (χ2n) is 3.97. The Morgan fingerprint density at radius 3 is 2.50 bits per heavy atom. The van der Waals surface area contributed by atoms with Crippen LogP contribution in [0.15, 0.2) is 68.7 Å². The van der Waals surface area contributed by atoms with E-state index in [1.54, 1.807) is 12.1 Å². The fourth-order valence-electron chi connectivity index (χ4n) is 1.91. The lowest BCUT2D eigenvalue weighted by atomic mass is 10.1. The monoisotopic (exact) mass is 253 g/mol. The Morgan fingerprint density at radius 2 is 1.67 bits per heavy atom. The van der Waals surface area contributed by atoms with Crippen LogP contribution in [-0.4, -0.2) is 0 Å². The molecule has 0 bridgehead atoms. The smallest absolute Gasteiger partial charge is 0.193 e. The van der Waals surface area contributed by atoms with Crippen LogP contribution in [0.5, 0.6) is 0 Å². The highest BCUT2D eigenvalue weighted by Gasteiger charge is 2.08. The van der Waals surface area contributed by atoms with E-state index in [9.17, 15) is 4.79 Å². The van der Waals surface area contributed by atoms with E-state index in [-0.39, 0.29) is 5.43 Å². The van der Waals surface area contributed by atoms with E-state index in [2.05, 4.69) is 0 Å². The molecule has 0 saturated carbocycles. The van der Waals surface area contributed by atoms with Gasteiger partial charge in [-0.3, -0.25) is 4.79 Å². The Balaban J connectivity index is 2.32. The van der Waals surface area contributed by atoms with E-state index in [1.807, 2.05) is 36.4 Å². The van der Waals surface area contributed by atoms with E-state index in [0.29, 0.717) is 21.6 Å². The number of hydrogen-bond donors (Lipinski definition) is 0. The summed E-state index contributed by atoms with van der Waals surface area (Å²) in [5.41, 5.74) is 1.30. The highest BCUT2D eigenvalue weighted by atomic mass is 32.1. The van der Waals surface area contributed by atoms with Crippen molar-refractivity contribution in [2.24, 2.45) is 0 Å². The third kappa shape index (κ3) is 1.79. The number of para-hydroxylation sites is 1. The van der Waals surface area contributed by atoms with Crippen LogP contribution in [0.4, 0.5) is 0 Å². The average Bonchev–Trinajstić information content (AvgIpc) is 2.39. The molecular weight excluding hydrogens is 244 g/mol. The van der Waals surface area contributed by atoms with Gasteiger partial charge < -0.3 is 4.42 Å². The van der Waals surface area contributed by atoms with Gasteiger partial charge in [-0.25, -0.2) is 0 Å². The minimum absolute atomic E-state index is 0.0508. The maximum Gasteiger partial charge on any atom is 0.193 e. The van der Waals surface area contributed by atoms with Crippen LogP contribution in [0.3, 0.4) is 0 Å². The molecule has 0 unspecified atom stereocenters. The highest BCUT2D eigenvalue weighted by molar-refractivity contribution is 7.80. The lowest BCUT2D eigenvalue weighted by Gasteiger charge is -2.04. The molecular formula is C15H9O2S. The first kappa shape index (κ1) is 11.0. The van der Waals surface area contributed by atoms with Crippen LogP contribution in [0, 0.1) is 0 Å². The molecule has 0 aliphatic heterocycles. The molecule has 1 heterocycles.